The summed E-state index contributed by atoms with van der Waals surface area (Å²) in [5.74, 6) is -23.0. The van der Waals surface area contributed by atoms with Crippen LogP contribution in [0.4, 0.5) is 0 Å². The van der Waals surface area contributed by atoms with Crippen molar-refractivity contribution >= 4 is 173 Å². The summed E-state index contributed by atoms with van der Waals surface area (Å²) in [7, 11) is 1.40. The first-order valence-corrected chi connectivity index (χ1v) is 50.1. The summed E-state index contributed by atoms with van der Waals surface area (Å²) in [5.41, 5.74) is 20.2. The number of primary amides is 3. The first kappa shape index (κ1) is 111. The highest BCUT2D eigenvalue weighted by molar-refractivity contribution is 8.76. The standard InChI is InChI=1S/C95H128N22O24S2/c1-54(119)83(112-91(137)69(102-55(2)120)42-60-47-100-64-21-10-8-19-62(60)64)94(140)108-67(40-56-15-4-3-5-16-56)87(133)110-74-52-142-143-53-75(93(139)109-73(95(141)117-28-14-24-76(117)84(98)130)43-61-48-101-65-22-11-9-20-63(61)65)111-90(136)72(46-80(124)125)107-85(131)66(23-12-13-27-99-79(123)49-114-33-35-115(50-81(126)127)31-29-113(37-38-118)30-32-116(36-34-114)51-82(128)129)103-86(132)68(41-57-25-26-58-17-6-7-18-59(58)39-57)104-88(134)70(44-77(96)121)105-89(135)71(45-78(97)122)106-92(74)138/h6-11,17-22,25-26,38-39,47-48,54,56,66-76,83,100-101,119H,3-5,12-16,23-24,27-37,40-46,49-53H2,1-2H3,(H2,96,121)(H2,97,122)(H2,98,130)(H,99,123)(H,102,120)(H,103,132)(H,104,134)(H,105,135)(H,106,138)(H,107,131)(H,108,140)(H,109,139)(H,110,133)(H,111,136)(H,112,137)(H,124,125)(H,126,127)(H,128,129)/t54-,66+,67+,68+,69+,70+,71+,72+,73+,74+,75+,76+,83+/m1/s1. The number of carbonyl (C=O) groups excluding carboxylic acids is 17. The number of unbranched alkanes of at least 4 members (excludes halogenated alkanes) is 1. The molecule has 3 aliphatic heterocycles. The highest BCUT2D eigenvalue weighted by atomic mass is 33.1. The molecule has 46 nitrogen and oxygen atoms in total. The number of aliphatic hydroxyl groups excluding tert-OH is 1. The molecule has 10 rings (SSSR count). The second kappa shape index (κ2) is 55.1. The van der Waals surface area contributed by atoms with Crippen molar-refractivity contribution in [1.29, 1.82) is 0 Å². The second-order valence-corrected chi connectivity index (χ2v) is 38.9. The largest absolute Gasteiger partial charge is 0.481 e. The SMILES string of the molecule is CC(=O)N[C@@H](Cc1c[nH]c2ccccc12)C(=O)N[C@H](C(=O)N[C@@H](CC1CCCCC1)C(=O)N[C@H]1CSSC[C@@H](C(=O)N[C@@H](Cc2c[nH]c3ccccc23)C(=O)N2CCC[C@H]2C(N)=O)NC(=O)[C@H](CC(=O)O)NC(=O)[C@H](CCCCNC(=O)CN2CCN(CC(=O)O)CCN(CC=O)CCN(CC(=O)O)CC2)NC(=O)[C@H](Cc2ccc3ccccc3c2)NC(=O)[C@H](CC(N)=O)NC(=O)[C@H](CC(N)=O)NC1=O)[C@@H](C)O. The Kier molecular flexibility index (Phi) is 42.9. The topological polar surface area (TPSA) is 693 Å². The number of para-hydroxylation sites is 2. The number of aromatic nitrogens is 2. The number of nitrogens with one attached hydrogen (secondary N) is 14. The second-order valence-electron chi connectivity index (χ2n) is 36.3. The molecule has 6 aromatic rings. The van der Waals surface area contributed by atoms with Crippen LogP contribution >= 0.6 is 21.6 Å². The number of aromatic amines is 2. The number of H-pyrrole nitrogens is 2. The fraction of sp³-hybridized carbons (Fsp3) is 0.516. The maximum absolute atomic E-state index is 15.7. The first-order chi connectivity index (χ1) is 68.3. The normalized spacial score (nSPS) is 21.5. The maximum Gasteiger partial charge on any atom is 0.317 e. The maximum atomic E-state index is 15.7. The number of aliphatic hydroxyl groups is 1. The summed E-state index contributed by atoms with van der Waals surface area (Å²) in [5, 5.41) is 75.2. The molecule has 24 N–H and O–H groups in total. The van der Waals surface area contributed by atoms with E-state index in [9.17, 15) is 73.2 Å². The minimum absolute atomic E-state index is 0.00957. The number of carboxylic acids is 3. The third-order valence-corrected chi connectivity index (χ3v) is 27.8. The van der Waals surface area contributed by atoms with Gasteiger partial charge in [0.05, 0.1) is 51.5 Å². The fourth-order valence-electron chi connectivity index (χ4n) is 17.9. The van der Waals surface area contributed by atoms with Gasteiger partial charge in [0.1, 0.15) is 78.8 Å². The van der Waals surface area contributed by atoms with Crippen LogP contribution in [0.15, 0.2) is 103 Å². The van der Waals surface area contributed by atoms with Crippen molar-refractivity contribution in [1.82, 2.24) is 98.3 Å². The van der Waals surface area contributed by atoms with Gasteiger partial charge >= 0.3 is 17.9 Å². The average molecular weight is 2030 g/mol. The number of aldehydes is 1. The highest BCUT2D eigenvalue weighted by Gasteiger charge is 2.43. The van der Waals surface area contributed by atoms with Gasteiger partial charge in [0.2, 0.25) is 94.5 Å². The van der Waals surface area contributed by atoms with Gasteiger partial charge in [0, 0.05) is 137 Å². The molecule has 1 saturated carbocycles. The van der Waals surface area contributed by atoms with Gasteiger partial charge in [-0.3, -0.25) is 111 Å². The Hall–Kier alpha value is -13.7. The van der Waals surface area contributed by atoms with E-state index >= 15 is 43.2 Å². The Morgan fingerprint density at radius 2 is 1.02 bits per heavy atom. The predicted molar refractivity (Wildman–Crippen MR) is 524 cm³/mol. The van der Waals surface area contributed by atoms with E-state index in [1.807, 2.05) is 0 Å². The number of carbonyl (C=O) groups is 20. The van der Waals surface area contributed by atoms with Crippen molar-refractivity contribution in [2.24, 2.45) is 23.1 Å². The Balaban J connectivity index is 1.01. The predicted octanol–water partition coefficient (Wildman–Crippen LogP) is -3.49. The van der Waals surface area contributed by atoms with Crippen molar-refractivity contribution < 1.29 is 116 Å². The molecule has 4 fully saturated rings. The molecule has 13 atom stereocenters. The zero-order valence-electron chi connectivity index (χ0n) is 79.5. The third-order valence-electron chi connectivity index (χ3n) is 25.4. The van der Waals surface area contributed by atoms with Crippen LogP contribution in [0.2, 0.25) is 0 Å². The molecule has 0 spiro atoms. The summed E-state index contributed by atoms with van der Waals surface area (Å²) in [6.45, 7) is 2.71. The van der Waals surface area contributed by atoms with Crippen molar-refractivity contribution in [2.75, 3.05) is 103 Å². The van der Waals surface area contributed by atoms with E-state index in [0.717, 1.165) is 17.2 Å². The van der Waals surface area contributed by atoms with Crippen LogP contribution in [0.1, 0.15) is 120 Å². The van der Waals surface area contributed by atoms with Gasteiger partial charge in [-0.1, -0.05) is 133 Å². The summed E-state index contributed by atoms with van der Waals surface area (Å²) in [4.78, 5) is 297. The van der Waals surface area contributed by atoms with Crippen LogP contribution in [-0.2, 0) is 115 Å². The number of nitrogens with zero attached hydrogens (tertiary/aromatic N) is 5. The van der Waals surface area contributed by atoms with Gasteiger partial charge in [-0.15, -0.1) is 0 Å². The van der Waals surface area contributed by atoms with E-state index in [-0.39, 0.29) is 136 Å². The van der Waals surface area contributed by atoms with Crippen molar-refractivity contribution in [3.63, 3.8) is 0 Å². The molecule has 5 heterocycles. The monoisotopic (exact) mass is 2020 g/mol. The lowest BCUT2D eigenvalue weighted by Gasteiger charge is -2.32. The van der Waals surface area contributed by atoms with E-state index in [0.29, 0.717) is 98.5 Å². The van der Waals surface area contributed by atoms with E-state index in [1.54, 1.807) is 123 Å². The van der Waals surface area contributed by atoms with Crippen LogP contribution in [0, 0.1) is 5.92 Å². The molecule has 2 aromatic heterocycles. The van der Waals surface area contributed by atoms with E-state index in [4.69, 9.17) is 17.2 Å². The molecular weight excluding hydrogens is 1900 g/mol. The van der Waals surface area contributed by atoms with Crippen LogP contribution in [-0.4, -0.2) is 355 Å². The molecule has 1 aliphatic carbocycles. The van der Waals surface area contributed by atoms with Crippen LogP contribution in [0.5, 0.6) is 0 Å². The molecule has 48 heteroatoms. The molecule has 0 radical (unpaired) electrons. The summed E-state index contributed by atoms with van der Waals surface area (Å²) < 4.78 is 0. The van der Waals surface area contributed by atoms with Crippen LogP contribution in [0.25, 0.3) is 32.6 Å². The minimum Gasteiger partial charge on any atom is -0.481 e. The molecular formula is C95H128N22O24S2. The number of benzene rings is 4. The van der Waals surface area contributed by atoms with Crippen LogP contribution < -0.4 is 81.0 Å². The lowest BCUT2D eigenvalue weighted by atomic mass is 9.84. The van der Waals surface area contributed by atoms with Gasteiger partial charge in [0.25, 0.3) is 0 Å². The average Bonchev–Trinajstić information content (AvgIpc) is 1.67. The van der Waals surface area contributed by atoms with Gasteiger partial charge in [-0.2, -0.15) is 0 Å². The van der Waals surface area contributed by atoms with Crippen LogP contribution in [0.3, 0.4) is 0 Å². The van der Waals surface area contributed by atoms with Crippen molar-refractivity contribution in [3.05, 3.63) is 120 Å². The van der Waals surface area contributed by atoms with Crippen molar-refractivity contribution in [2.45, 2.75) is 202 Å². The lowest BCUT2D eigenvalue weighted by Crippen LogP contribution is -2.62. The number of likely N-dealkylation sites (tertiary alicyclic amines) is 1. The molecule has 0 unspecified atom stereocenters. The molecule has 0 bridgehead atoms. The molecule has 3 saturated heterocycles. The summed E-state index contributed by atoms with van der Waals surface area (Å²) >= 11 is 0. The molecule has 143 heavy (non-hydrogen) atoms. The molecule has 4 aliphatic rings. The van der Waals surface area contributed by atoms with Gasteiger partial charge in [0.15, 0.2) is 0 Å². The fourth-order valence-corrected chi connectivity index (χ4v) is 20.2. The first-order valence-electron chi connectivity index (χ1n) is 47.6. The molecule has 16 amide bonds. The number of amides is 16. The number of carboxylic acid groups (broad SMARTS) is 3. The van der Waals surface area contributed by atoms with Gasteiger partial charge in [-0.05, 0) is 91.0 Å². The number of hydrogen-bond acceptors (Lipinski definition) is 27. The number of fused-ring (bicyclic) bond motifs is 3. The summed E-state index contributed by atoms with van der Waals surface area (Å²) in [6.07, 6.45) is 1.15. The Labute approximate surface area is 831 Å². The minimum atomic E-state index is -2.19. The number of aliphatic carboxylic acids is 3. The van der Waals surface area contributed by atoms with Gasteiger partial charge < -0.3 is 121 Å². The van der Waals surface area contributed by atoms with E-state index in [1.165, 1.54) is 18.7 Å². The van der Waals surface area contributed by atoms with E-state index in [2.05, 4.69) is 73.8 Å². The molecule has 4 aromatic carbocycles. The Morgan fingerprint density at radius 3 is 1.59 bits per heavy atom. The summed E-state index contributed by atoms with van der Waals surface area (Å²) in [6, 6.07) is 4.55. The highest BCUT2D eigenvalue weighted by Crippen LogP contribution is 2.31. The Morgan fingerprint density at radius 1 is 0.503 bits per heavy atom. The molecule has 774 valence electrons. The zero-order valence-corrected chi connectivity index (χ0v) is 81.2. The Bertz CT molecular complexity index is 5530. The van der Waals surface area contributed by atoms with E-state index < -0.39 is 235 Å². The zero-order chi connectivity index (χ0) is 104. The quantitative estimate of drug-likeness (QED) is 0.0101. The third kappa shape index (κ3) is 34.9. The van der Waals surface area contributed by atoms with Gasteiger partial charge in [-0.25, -0.2) is 0 Å². The number of nitrogens with two attached hydrogens (primary N) is 3. The van der Waals surface area contributed by atoms with Crippen molar-refractivity contribution in [3.8, 4) is 0 Å². The lowest BCUT2D eigenvalue weighted by molar-refractivity contribution is -0.142. The number of rotatable bonds is 39. The number of hydrogen-bond donors (Lipinski definition) is 21. The smallest absolute Gasteiger partial charge is 0.317 e.